The van der Waals surface area contributed by atoms with Crippen molar-refractivity contribution in [3.8, 4) is 0 Å². The molecular formula is C10H12N4S. The highest BCUT2D eigenvalue weighted by Gasteiger charge is 2.20. The van der Waals surface area contributed by atoms with Crippen LogP contribution in [0.5, 0.6) is 0 Å². The zero-order chi connectivity index (χ0) is 10.3. The van der Waals surface area contributed by atoms with Crippen LogP contribution in [0.2, 0.25) is 0 Å². The fourth-order valence-corrected chi connectivity index (χ4v) is 3.14. The van der Waals surface area contributed by atoms with Crippen molar-refractivity contribution < 1.29 is 0 Å². The Morgan fingerprint density at radius 3 is 3.20 bits per heavy atom. The van der Waals surface area contributed by atoms with E-state index in [4.69, 9.17) is 5.73 Å². The summed E-state index contributed by atoms with van der Waals surface area (Å²) >= 11 is 1.99. The molecule has 1 atom stereocenters. The zero-order valence-corrected chi connectivity index (χ0v) is 9.07. The number of rotatable bonds is 1. The number of aromatic nitrogens is 3. The summed E-state index contributed by atoms with van der Waals surface area (Å²) in [5.74, 6) is 3.64. The molecule has 1 aliphatic heterocycles. The molecule has 5 heteroatoms. The molecule has 2 aromatic rings. The fourth-order valence-electron chi connectivity index (χ4n) is 1.90. The van der Waals surface area contributed by atoms with Crippen molar-refractivity contribution in [1.29, 1.82) is 0 Å². The summed E-state index contributed by atoms with van der Waals surface area (Å²) in [6.07, 6.45) is 2.94. The van der Waals surface area contributed by atoms with Crippen LogP contribution in [0.15, 0.2) is 18.3 Å². The average molecular weight is 220 g/mol. The highest BCUT2D eigenvalue weighted by atomic mass is 32.2. The third-order valence-corrected chi connectivity index (χ3v) is 3.92. The topological polar surface area (TPSA) is 56.2 Å². The molecule has 78 valence electrons. The Morgan fingerprint density at radius 2 is 2.47 bits per heavy atom. The minimum absolute atomic E-state index is 0.580. The monoisotopic (exact) mass is 220 g/mol. The Labute approximate surface area is 91.9 Å². The van der Waals surface area contributed by atoms with Gasteiger partial charge in [-0.1, -0.05) is 0 Å². The van der Waals surface area contributed by atoms with Gasteiger partial charge in [0.05, 0.1) is 5.69 Å². The van der Waals surface area contributed by atoms with Gasteiger partial charge in [0, 0.05) is 23.9 Å². The summed E-state index contributed by atoms with van der Waals surface area (Å²) in [6, 6.07) is 3.82. The molecule has 15 heavy (non-hydrogen) atoms. The van der Waals surface area contributed by atoms with Gasteiger partial charge in [-0.05, 0) is 18.2 Å². The van der Waals surface area contributed by atoms with E-state index < -0.39 is 0 Å². The Balaban J connectivity index is 2.09. The molecule has 0 spiro atoms. The standard InChI is InChI=1S/C10H12N4S/c11-9-1-3-12-10-5-8(13-14(9)10)7-2-4-15-6-7/h1,3,5,7H,2,4,6,11H2. The summed E-state index contributed by atoms with van der Waals surface area (Å²) < 4.78 is 1.72. The third kappa shape index (κ3) is 1.47. The second-order valence-electron chi connectivity index (χ2n) is 3.77. The normalized spacial score (nSPS) is 21.2. The van der Waals surface area contributed by atoms with Crippen LogP contribution in [0.3, 0.4) is 0 Å². The lowest BCUT2D eigenvalue weighted by molar-refractivity contribution is 0.734. The second kappa shape index (κ2) is 3.41. The fraction of sp³-hybridized carbons (Fsp3) is 0.400. The quantitative estimate of drug-likeness (QED) is 0.792. The molecule has 0 aliphatic carbocycles. The molecule has 1 unspecified atom stereocenters. The molecule has 2 N–H and O–H groups in total. The highest BCUT2D eigenvalue weighted by Crippen LogP contribution is 2.31. The van der Waals surface area contributed by atoms with Crippen molar-refractivity contribution >= 4 is 23.2 Å². The van der Waals surface area contributed by atoms with Crippen LogP contribution >= 0.6 is 11.8 Å². The zero-order valence-electron chi connectivity index (χ0n) is 8.26. The summed E-state index contributed by atoms with van der Waals surface area (Å²) in [4.78, 5) is 4.25. The molecule has 1 fully saturated rings. The number of fused-ring (bicyclic) bond motifs is 1. The summed E-state index contributed by atoms with van der Waals surface area (Å²) in [7, 11) is 0. The van der Waals surface area contributed by atoms with Crippen molar-refractivity contribution in [2.75, 3.05) is 17.2 Å². The van der Waals surface area contributed by atoms with Gasteiger partial charge in [-0.15, -0.1) is 0 Å². The first-order valence-electron chi connectivity index (χ1n) is 5.02. The molecule has 1 saturated heterocycles. The molecule has 4 nitrogen and oxygen atoms in total. The number of nitrogens with two attached hydrogens (primary N) is 1. The summed E-state index contributed by atoms with van der Waals surface area (Å²) in [5.41, 5.74) is 7.80. The van der Waals surface area contributed by atoms with Gasteiger partial charge in [-0.25, -0.2) is 4.98 Å². The van der Waals surface area contributed by atoms with E-state index in [1.807, 2.05) is 17.8 Å². The Bertz CT molecular complexity index is 487. The number of hydrogen-bond donors (Lipinski definition) is 1. The number of thioether (sulfide) groups is 1. The van der Waals surface area contributed by atoms with Crippen molar-refractivity contribution in [2.24, 2.45) is 0 Å². The van der Waals surface area contributed by atoms with E-state index >= 15 is 0 Å². The van der Waals surface area contributed by atoms with Gasteiger partial charge >= 0.3 is 0 Å². The van der Waals surface area contributed by atoms with E-state index in [2.05, 4.69) is 10.1 Å². The van der Waals surface area contributed by atoms with E-state index in [0.29, 0.717) is 11.7 Å². The molecule has 0 aromatic carbocycles. The molecule has 3 heterocycles. The minimum Gasteiger partial charge on any atom is -0.384 e. The first kappa shape index (κ1) is 9.03. The van der Waals surface area contributed by atoms with Crippen LogP contribution in [0, 0.1) is 0 Å². The SMILES string of the molecule is Nc1ccnc2cc(C3CCSC3)nn12. The first-order chi connectivity index (χ1) is 7.34. The van der Waals surface area contributed by atoms with Crippen molar-refractivity contribution in [3.05, 3.63) is 24.0 Å². The number of anilines is 1. The van der Waals surface area contributed by atoms with Crippen LogP contribution in [0.1, 0.15) is 18.0 Å². The predicted octanol–water partition coefficient (Wildman–Crippen LogP) is 1.53. The molecule has 0 bridgehead atoms. The van der Waals surface area contributed by atoms with E-state index in [9.17, 15) is 0 Å². The van der Waals surface area contributed by atoms with Crippen molar-refractivity contribution in [2.45, 2.75) is 12.3 Å². The molecule has 2 aromatic heterocycles. The van der Waals surface area contributed by atoms with Gasteiger partial charge in [-0.2, -0.15) is 21.4 Å². The van der Waals surface area contributed by atoms with E-state index in [-0.39, 0.29) is 0 Å². The molecule has 3 rings (SSSR count). The molecular weight excluding hydrogens is 208 g/mol. The maximum absolute atomic E-state index is 5.82. The van der Waals surface area contributed by atoms with Crippen molar-refractivity contribution in [3.63, 3.8) is 0 Å². The summed E-state index contributed by atoms with van der Waals surface area (Å²) in [6.45, 7) is 0. The number of nitrogens with zero attached hydrogens (tertiary/aromatic N) is 3. The van der Waals surface area contributed by atoms with Gasteiger partial charge in [0.2, 0.25) is 0 Å². The maximum Gasteiger partial charge on any atom is 0.157 e. The Morgan fingerprint density at radius 1 is 1.53 bits per heavy atom. The number of hydrogen-bond acceptors (Lipinski definition) is 4. The Hall–Kier alpha value is -1.23. The Kier molecular flexibility index (Phi) is 2.05. The summed E-state index contributed by atoms with van der Waals surface area (Å²) in [5, 5.41) is 4.51. The molecule has 0 amide bonds. The lowest BCUT2D eigenvalue weighted by atomic mass is 10.1. The van der Waals surface area contributed by atoms with Crippen molar-refractivity contribution in [1.82, 2.24) is 14.6 Å². The average Bonchev–Trinajstić information content (AvgIpc) is 2.86. The van der Waals surface area contributed by atoms with Crippen LogP contribution in [-0.4, -0.2) is 26.1 Å². The highest BCUT2D eigenvalue weighted by molar-refractivity contribution is 7.99. The number of nitrogen functional groups attached to an aromatic ring is 1. The van der Waals surface area contributed by atoms with Gasteiger partial charge in [-0.3, -0.25) is 0 Å². The lowest BCUT2D eigenvalue weighted by Crippen LogP contribution is -2.01. The largest absolute Gasteiger partial charge is 0.384 e. The van der Waals surface area contributed by atoms with Crippen LogP contribution < -0.4 is 5.73 Å². The van der Waals surface area contributed by atoms with Gasteiger partial charge in [0.1, 0.15) is 5.82 Å². The third-order valence-electron chi connectivity index (χ3n) is 2.75. The molecule has 1 aliphatic rings. The van der Waals surface area contributed by atoms with Crippen LogP contribution in [0.25, 0.3) is 5.65 Å². The van der Waals surface area contributed by atoms with E-state index in [1.54, 1.807) is 16.8 Å². The molecule has 0 radical (unpaired) electrons. The smallest absolute Gasteiger partial charge is 0.157 e. The van der Waals surface area contributed by atoms with Gasteiger partial charge in [0.15, 0.2) is 5.65 Å². The van der Waals surface area contributed by atoms with E-state index in [1.165, 1.54) is 17.9 Å². The van der Waals surface area contributed by atoms with E-state index in [0.717, 1.165) is 11.3 Å². The predicted molar refractivity (Wildman–Crippen MR) is 62.1 cm³/mol. The van der Waals surface area contributed by atoms with Gasteiger partial charge < -0.3 is 5.73 Å². The second-order valence-corrected chi connectivity index (χ2v) is 4.92. The van der Waals surface area contributed by atoms with Crippen LogP contribution in [0.4, 0.5) is 5.82 Å². The molecule has 0 saturated carbocycles. The lowest BCUT2D eigenvalue weighted by Gasteiger charge is -2.01. The minimum atomic E-state index is 0.580. The first-order valence-corrected chi connectivity index (χ1v) is 6.18. The maximum atomic E-state index is 5.82. The van der Waals surface area contributed by atoms with Gasteiger partial charge in [0.25, 0.3) is 0 Å². The van der Waals surface area contributed by atoms with Crippen LogP contribution in [-0.2, 0) is 0 Å².